The highest BCUT2D eigenvalue weighted by molar-refractivity contribution is 9.10. The Morgan fingerprint density at radius 1 is 1.11 bits per heavy atom. The third kappa shape index (κ3) is 3.33. The third-order valence-electron chi connectivity index (χ3n) is 2.59. The number of aliphatic hydroxyl groups is 1. The quantitative estimate of drug-likeness (QED) is 0.873. The molecule has 1 aromatic carbocycles. The Balaban J connectivity index is 2.22. The van der Waals surface area contributed by atoms with E-state index in [1.165, 1.54) is 6.20 Å². The highest BCUT2D eigenvalue weighted by atomic mass is 79.9. The fraction of sp³-hybridized carbons (Fsp3) is 0.154. The van der Waals surface area contributed by atoms with E-state index in [9.17, 15) is 18.3 Å². The smallest absolute Gasteiger partial charge is 0.161 e. The number of benzene rings is 1. The van der Waals surface area contributed by atoms with Crippen LogP contribution in [-0.4, -0.2) is 10.1 Å². The lowest BCUT2D eigenvalue weighted by Gasteiger charge is -2.12. The van der Waals surface area contributed by atoms with Gasteiger partial charge in [-0.3, -0.25) is 4.98 Å². The summed E-state index contributed by atoms with van der Waals surface area (Å²) >= 11 is 3.21. The fourth-order valence-corrected chi connectivity index (χ4v) is 1.86. The molecule has 0 fully saturated rings. The molecule has 19 heavy (non-hydrogen) atoms. The predicted molar refractivity (Wildman–Crippen MR) is 66.9 cm³/mol. The molecule has 0 radical (unpaired) electrons. The van der Waals surface area contributed by atoms with Crippen molar-refractivity contribution in [2.75, 3.05) is 0 Å². The zero-order valence-corrected chi connectivity index (χ0v) is 11.2. The van der Waals surface area contributed by atoms with Gasteiger partial charge in [0.05, 0.1) is 6.10 Å². The van der Waals surface area contributed by atoms with Crippen LogP contribution in [0.3, 0.4) is 0 Å². The van der Waals surface area contributed by atoms with Gasteiger partial charge in [-0.2, -0.15) is 0 Å². The van der Waals surface area contributed by atoms with Gasteiger partial charge in [0.25, 0.3) is 0 Å². The zero-order valence-electron chi connectivity index (χ0n) is 9.58. The van der Waals surface area contributed by atoms with E-state index in [2.05, 4.69) is 20.9 Å². The second-order valence-electron chi connectivity index (χ2n) is 3.98. The third-order valence-corrected chi connectivity index (χ3v) is 3.06. The maximum atomic E-state index is 13.5. The Hall–Kier alpha value is -1.40. The van der Waals surface area contributed by atoms with Gasteiger partial charge in [0.1, 0.15) is 5.82 Å². The number of hydrogen-bond donors (Lipinski definition) is 1. The molecule has 6 heteroatoms. The van der Waals surface area contributed by atoms with Crippen LogP contribution in [0.5, 0.6) is 0 Å². The summed E-state index contributed by atoms with van der Waals surface area (Å²) < 4.78 is 40.0. The molecule has 0 spiro atoms. The SMILES string of the molecule is OC(Cc1ccc(Br)cn1)c1cc(F)c(F)cc1F. The van der Waals surface area contributed by atoms with Gasteiger partial charge in [-0.15, -0.1) is 0 Å². The predicted octanol–water partition coefficient (Wildman–Crippen LogP) is 3.54. The van der Waals surface area contributed by atoms with Gasteiger partial charge < -0.3 is 5.11 Å². The minimum absolute atomic E-state index is 0.00920. The van der Waals surface area contributed by atoms with Crippen molar-refractivity contribution in [3.8, 4) is 0 Å². The first kappa shape index (κ1) is 14.0. The molecule has 0 saturated carbocycles. The Morgan fingerprint density at radius 3 is 2.42 bits per heavy atom. The van der Waals surface area contributed by atoms with E-state index in [1.54, 1.807) is 12.1 Å². The van der Waals surface area contributed by atoms with Crippen LogP contribution < -0.4 is 0 Å². The zero-order chi connectivity index (χ0) is 14.0. The van der Waals surface area contributed by atoms with E-state index in [1.807, 2.05) is 0 Å². The molecule has 1 N–H and O–H groups in total. The maximum absolute atomic E-state index is 13.5. The van der Waals surface area contributed by atoms with Crippen LogP contribution in [0.15, 0.2) is 34.9 Å². The summed E-state index contributed by atoms with van der Waals surface area (Å²) in [6.07, 6.45) is 0.252. The summed E-state index contributed by atoms with van der Waals surface area (Å²) in [7, 11) is 0. The minimum Gasteiger partial charge on any atom is -0.388 e. The maximum Gasteiger partial charge on any atom is 0.161 e. The number of nitrogens with zero attached hydrogens (tertiary/aromatic N) is 1. The summed E-state index contributed by atoms with van der Waals surface area (Å²) in [6, 6.07) is 4.44. The molecule has 2 aromatic rings. The van der Waals surface area contributed by atoms with Crippen molar-refractivity contribution in [3.63, 3.8) is 0 Å². The average Bonchev–Trinajstić information content (AvgIpc) is 2.36. The second kappa shape index (κ2) is 5.71. The number of hydrogen-bond acceptors (Lipinski definition) is 2. The molecule has 0 amide bonds. The van der Waals surface area contributed by atoms with Gasteiger partial charge >= 0.3 is 0 Å². The van der Waals surface area contributed by atoms with Gasteiger partial charge in [0.2, 0.25) is 0 Å². The summed E-state index contributed by atoms with van der Waals surface area (Å²) in [5.74, 6) is -3.46. The van der Waals surface area contributed by atoms with Crippen molar-refractivity contribution >= 4 is 15.9 Å². The number of rotatable bonds is 3. The summed E-state index contributed by atoms with van der Waals surface area (Å²) in [5, 5.41) is 9.86. The van der Waals surface area contributed by atoms with Crippen molar-refractivity contribution in [1.82, 2.24) is 4.98 Å². The Morgan fingerprint density at radius 2 is 1.79 bits per heavy atom. The minimum atomic E-state index is -1.29. The van der Waals surface area contributed by atoms with E-state index < -0.39 is 23.6 Å². The summed E-state index contributed by atoms with van der Waals surface area (Å²) in [5.41, 5.74) is 0.225. The summed E-state index contributed by atoms with van der Waals surface area (Å²) in [6.45, 7) is 0. The van der Waals surface area contributed by atoms with Gasteiger partial charge in [-0.05, 0) is 34.1 Å². The topological polar surface area (TPSA) is 33.1 Å². The molecule has 0 aliphatic heterocycles. The second-order valence-corrected chi connectivity index (χ2v) is 4.89. The Kier molecular flexibility index (Phi) is 4.21. The lowest BCUT2D eigenvalue weighted by atomic mass is 10.0. The van der Waals surface area contributed by atoms with E-state index in [0.717, 1.165) is 4.47 Å². The largest absolute Gasteiger partial charge is 0.388 e. The van der Waals surface area contributed by atoms with Crippen LogP contribution in [-0.2, 0) is 6.42 Å². The van der Waals surface area contributed by atoms with Crippen LogP contribution in [0.1, 0.15) is 17.4 Å². The summed E-state index contributed by atoms with van der Waals surface area (Å²) in [4.78, 5) is 4.02. The highest BCUT2D eigenvalue weighted by Gasteiger charge is 2.17. The Bertz CT molecular complexity index is 589. The van der Waals surface area contributed by atoms with Crippen molar-refractivity contribution in [2.45, 2.75) is 12.5 Å². The fourth-order valence-electron chi connectivity index (χ4n) is 1.63. The standard InChI is InChI=1S/C13H9BrF3NO/c14-7-1-2-8(18-6-7)3-13(19)9-4-11(16)12(17)5-10(9)15/h1-2,4-6,13,19H,3H2. The molecular formula is C13H9BrF3NO. The Labute approximate surface area is 116 Å². The van der Waals surface area contributed by atoms with Crippen LogP contribution in [0.4, 0.5) is 13.2 Å². The monoisotopic (exact) mass is 331 g/mol. The molecule has 1 atom stereocenters. The normalized spacial score (nSPS) is 12.5. The first-order valence-corrected chi connectivity index (χ1v) is 6.19. The van der Waals surface area contributed by atoms with E-state index in [4.69, 9.17) is 0 Å². The first-order chi connectivity index (χ1) is 8.97. The van der Waals surface area contributed by atoms with E-state index in [-0.39, 0.29) is 12.0 Å². The van der Waals surface area contributed by atoms with Gasteiger partial charge in [-0.25, -0.2) is 13.2 Å². The van der Waals surface area contributed by atoms with Gasteiger partial charge in [-0.1, -0.05) is 0 Å². The molecule has 1 heterocycles. The molecule has 1 unspecified atom stereocenters. The lowest BCUT2D eigenvalue weighted by Crippen LogP contribution is -2.07. The van der Waals surface area contributed by atoms with Crippen LogP contribution >= 0.6 is 15.9 Å². The first-order valence-electron chi connectivity index (χ1n) is 5.40. The van der Waals surface area contributed by atoms with Crippen molar-refractivity contribution < 1.29 is 18.3 Å². The number of aliphatic hydroxyl groups excluding tert-OH is 1. The lowest BCUT2D eigenvalue weighted by molar-refractivity contribution is 0.171. The van der Waals surface area contributed by atoms with Crippen molar-refractivity contribution in [2.24, 2.45) is 0 Å². The van der Waals surface area contributed by atoms with Crippen LogP contribution in [0.2, 0.25) is 0 Å². The van der Waals surface area contributed by atoms with Crippen LogP contribution in [0.25, 0.3) is 0 Å². The molecule has 0 aliphatic rings. The average molecular weight is 332 g/mol. The number of pyridine rings is 1. The molecule has 0 bridgehead atoms. The molecule has 2 nitrogen and oxygen atoms in total. The van der Waals surface area contributed by atoms with Crippen molar-refractivity contribution in [1.29, 1.82) is 0 Å². The van der Waals surface area contributed by atoms with Crippen molar-refractivity contribution in [3.05, 3.63) is 63.6 Å². The van der Waals surface area contributed by atoms with Gasteiger partial charge in [0.15, 0.2) is 11.6 Å². The number of halogens is 4. The van der Waals surface area contributed by atoms with Crippen LogP contribution in [0, 0.1) is 17.5 Å². The van der Waals surface area contributed by atoms with Gasteiger partial charge in [0, 0.05) is 34.4 Å². The van der Waals surface area contributed by atoms with E-state index >= 15 is 0 Å². The molecule has 0 aliphatic carbocycles. The highest BCUT2D eigenvalue weighted by Crippen LogP contribution is 2.23. The number of aromatic nitrogens is 1. The molecular weight excluding hydrogens is 323 g/mol. The van der Waals surface area contributed by atoms with E-state index in [0.29, 0.717) is 17.8 Å². The molecule has 100 valence electrons. The molecule has 0 saturated heterocycles. The molecule has 1 aromatic heterocycles. The molecule has 2 rings (SSSR count).